The number of Topliss-reactive ketones (excluding diaryl/α,β-unsaturated/α-hetero) is 1. The number of unbranched alkanes of at least 4 members (excludes halogenated alkanes) is 6. The van der Waals surface area contributed by atoms with Crippen molar-refractivity contribution in [2.45, 2.75) is 130 Å². The van der Waals surface area contributed by atoms with Crippen LogP contribution in [0.25, 0.3) is 0 Å². The van der Waals surface area contributed by atoms with Crippen molar-refractivity contribution in [1.29, 1.82) is 0 Å². The predicted molar refractivity (Wildman–Crippen MR) is 192 cm³/mol. The summed E-state index contributed by atoms with van der Waals surface area (Å²) in [5.74, 6) is -1.31. The number of ketones is 1. The molecule has 2 unspecified atom stereocenters. The van der Waals surface area contributed by atoms with Gasteiger partial charge in [-0.05, 0) is 68.4 Å². The minimum atomic E-state index is -1.31. The fourth-order valence-corrected chi connectivity index (χ4v) is 7.66. The lowest BCUT2D eigenvalue weighted by molar-refractivity contribution is -0.504. The fraction of sp³-hybridized carbons (Fsp3) is 0.600. The fourth-order valence-electron chi connectivity index (χ4n) is 7.66. The highest BCUT2D eigenvalue weighted by Gasteiger charge is 2.43. The number of aryl methyl sites for hydroxylation is 1. The highest BCUT2D eigenvalue weighted by atomic mass is 16.3. The van der Waals surface area contributed by atoms with Crippen LogP contribution in [-0.4, -0.2) is 60.2 Å². The van der Waals surface area contributed by atoms with Crippen molar-refractivity contribution in [2.75, 3.05) is 36.4 Å². The van der Waals surface area contributed by atoms with E-state index < -0.39 is 12.0 Å². The Kier molecular flexibility index (Phi) is 12.5. The zero-order valence-corrected chi connectivity index (χ0v) is 29.7. The lowest BCUT2D eigenvalue weighted by atomic mass is 9.68. The first-order valence-electron chi connectivity index (χ1n) is 18.7. The molecule has 2 aliphatic heterocycles. The number of hydrogen-bond donors (Lipinski definition) is 2. The molecule has 1 aromatic carbocycles. The third kappa shape index (κ3) is 8.19. The number of anilines is 2. The smallest absolute Gasteiger partial charge is 0.224 e. The van der Waals surface area contributed by atoms with E-state index in [4.69, 9.17) is 0 Å². The summed E-state index contributed by atoms with van der Waals surface area (Å²) in [5.41, 5.74) is 6.55. The highest BCUT2D eigenvalue weighted by Crippen LogP contribution is 2.45. The van der Waals surface area contributed by atoms with Crippen LogP contribution in [0.2, 0.25) is 0 Å². The minimum Gasteiger partial charge on any atom is -0.848 e. The molecule has 1 aromatic rings. The van der Waals surface area contributed by atoms with Gasteiger partial charge in [-0.3, -0.25) is 14.4 Å². The first kappa shape index (κ1) is 35.8. The molecule has 0 bridgehead atoms. The van der Waals surface area contributed by atoms with Gasteiger partial charge >= 0.3 is 0 Å². The molecule has 2 N–H and O–H groups in total. The summed E-state index contributed by atoms with van der Waals surface area (Å²) < 4.78 is 2.32. The number of rotatable bonds is 14. The van der Waals surface area contributed by atoms with E-state index in [0.717, 1.165) is 126 Å². The van der Waals surface area contributed by atoms with Gasteiger partial charge in [0.1, 0.15) is 13.1 Å². The largest absolute Gasteiger partial charge is 0.848 e. The summed E-state index contributed by atoms with van der Waals surface area (Å²) in [5, 5.41) is 20.4. The first-order chi connectivity index (χ1) is 23.2. The normalized spacial score (nSPS) is 22.5. The number of carbonyl (C=O) groups excluding carboxylic acids is 3. The second kappa shape index (κ2) is 16.7. The molecule has 4 aliphatic rings. The van der Waals surface area contributed by atoms with Crippen LogP contribution in [0.15, 0.2) is 46.7 Å². The molecule has 48 heavy (non-hydrogen) atoms. The zero-order chi connectivity index (χ0) is 34.2. The molecule has 0 spiro atoms. The summed E-state index contributed by atoms with van der Waals surface area (Å²) >= 11 is 0. The van der Waals surface area contributed by atoms with Crippen molar-refractivity contribution >= 4 is 34.7 Å². The monoisotopic (exact) mass is 656 g/mol. The number of nitrogens with one attached hydrogen (secondary N) is 2. The van der Waals surface area contributed by atoms with Gasteiger partial charge in [0.15, 0.2) is 5.78 Å². The van der Waals surface area contributed by atoms with Crippen molar-refractivity contribution in [1.82, 2.24) is 5.32 Å². The second-order valence-electron chi connectivity index (χ2n) is 14.2. The molecule has 1 saturated carbocycles. The Morgan fingerprint density at radius 2 is 1.48 bits per heavy atom. The lowest BCUT2D eigenvalue weighted by Crippen LogP contribution is -2.52. The average Bonchev–Trinajstić information content (AvgIpc) is 3.80. The Bertz CT molecular complexity index is 1500. The second-order valence-corrected chi connectivity index (χ2v) is 14.2. The van der Waals surface area contributed by atoms with Crippen LogP contribution in [0.1, 0.15) is 128 Å². The molecule has 8 heteroatoms. The number of hydrogen-bond acceptors (Lipinski definition) is 5. The average molecular weight is 657 g/mol. The van der Waals surface area contributed by atoms with Crippen LogP contribution in [0, 0.1) is 6.92 Å². The summed E-state index contributed by atoms with van der Waals surface area (Å²) in [6.07, 6.45) is 15.9. The molecule has 2 amide bonds. The van der Waals surface area contributed by atoms with Crippen LogP contribution in [0.5, 0.6) is 0 Å². The number of carbonyl (C=O) groups is 3. The Hall–Kier alpha value is -3.52. The molecule has 3 fully saturated rings. The summed E-state index contributed by atoms with van der Waals surface area (Å²) in [7, 11) is 0. The predicted octanol–water partition coefficient (Wildman–Crippen LogP) is 6.37. The van der Waals surface area contributed by atoms with Crippen LogP contribution in [-0.2, 0) is 14.4 Å². The summed E-state index contributed by atoms with van der Waals surface area (Å²) in [4.78, 5) is 42.7. The van der Waals surface area contributed by atoms with Gasteiger partial charge in [-0.2, -0.15) is 0 Å². The molecule has 8 nitrogen and oxygen atoms in total. The number of amides is 2. The van der Waals surface area contributed by atoms with E-state index >= 15 is 0 Å². The third-order valence-corrected chi connectivity index (χ3v) is 10.4. The van der Waals surface area contributed by atoms with Gasteiger partial charge in [0.25, 0.3) is 0 Å². The molecule has 0 radical (unpaired) electrons. The molecule has 2 atom stereocenters. The molecule has 5 rings (SSSR count). The molecule has 2 heterocycles. The van der Waals surface area contributed by atoms with Gasteiger partial charge in [0, 0.05) is 73.3 Å². The zero-order valence-electron chi connectivity index (χ0n) is 29.7. The van der Waals surface area contributed by atoms with Gasteiger partial charge < -0.3 is 20.6 Å². The van der Waals surface area contributed by atoms with E-state index in [9.17, 15) is 19.5 Å². The molecule has 0 aromatic heterocycles. The van der Waals surface area contributed by atoms with Crippen LogP contribution in [0.4, 0.5) is 11.4 Å². The van der Waals surface area contributed by atoms with Gasteiger partial charge in [0.05, 0.1) is 5.70 Å². The molecular weight excluding hydrogens is 600 g/mol. The standard InChI is InChI=1S/C40H55N4O4/c1-5-7-9-11-17-35(45)41-31-25-33(43-19-13-14-20-43)27(3)23-29(31)37-39(47)38(40(37)48)30-24-28(4)34(44-21-15-16-22-44)26-32(30)42-36(46)18-12-10-8-6-2/h23-26,37,39H,5-22H2,1-4H3,(H,41,45)/q-1/p+1/b38-30-. The van der Waals surface area contributed by atoms with Gasteiger partial charge in [0.2, 0.25) is 17.5 Å². The van der Waals surface area contributed by atoms with Crippen molar-refractivity contribution < 1.29 is 24.1 Å². The topological polar surface area (TPSA) is 105 Å². The van der Waals surface area contributed by atoms with Crippen LogP contribution < -0.4 is 20.6 Å². The van der Waals surface area contributed by atoms with E-state index in [1.54, 1.807) is 0 Å². The van der Waals surface area contributed by atoms with Crippen LogP contribution in [0.3, 0.4) is 0 Å². The van der Waals surface area contributed by atoms with Crippen molar-refractivity contribution in [3.63, 3.8) is 0 Å². The maximum absolute atomic E-state index is 14.2. The van der Waals surface area contributed by atoms with Crippen molar-refractivity contribution in [3.05, 3.63) is 57.8 Å². The Balaban J connectivity index is 1.46. The summed E-state index contributed by atoms with van der Waals surface area (Å²) in [6.45, 7) is 12.1. The quantitative estimate of drug-likeness (QED) is 0.138. The Morgan fingerprint density at radius 3 is 2.08 bits per heavy atom. The van der Waals surface area contributed by atoms with E-state index in [-0.39, 0.29) is 23.2 Å². The molecule has 2 aliphatic carbocycles. The van der Waals surface area contributed by atoms with E-state index in [1.165, 1.54) is 0 Å². The third-order valence-electron chi connectivity index (χ3n) is 10.4. The molecule has 260 valence electrons. The molecule has 2 saturated heterocycles. The SMILES string of the molecule is CCCCCCC(=O)NC1=CC(=[N+]2CCCC2)C(C)=C/C1=C1/C(=O)C(c2cc(C)c(N3CCCC3)cc2NC(=O)CCCCCC)C1[O-]. The Morgan fingerprint density at radius 1 is 0.854 bits per heavy atom. The van der Waals surface area contributed by atoms with Crippen molar-refractivity contribution in [2.24, 2.45) is 0 Å². The highest BCUT2D eigenvalue weighted by molar-refractivity contribution is 6.14. The van der Waals surface area contributed by atoms with Crippen LogP contribution >= 0.6 is 0 Å². The van der Waals surface area contributed by atoms with E-state index in [0.29, 0.717) is 35.4 Å². The first-order valence-corrected chi connectivity index (χ1v) is 18.7. The maximum atomic E-state index is 14.2. The summed E-state index contributed by atoms with van der Waals surface area (Å²) in [6, 6.07) is 3.93. The number of allylic oxidation sites excluding steroid dienone is 3. The van der Waals surface area contributed by atoms with Crippen molar-refractivity contribution in [3.8, 4) is 0 Å². The van der Waals surface area contributed by atoms with Gasteiger partial charge in [-0.1, -0.05) is 64.5 Å². The number of nitrogens with zero attached hydrogens (tertiary/aromatic N) is 2. The minimum absolute atomic E-state index is 0.0842. The Labute approximate surface area is 287 Å². The molecular formula is C40H56N4O4. The van der Waals surface area contributed by atoms with Gasteiger partial charge in [-0.15, -0.1) is 0 Å². The number of benzene rings is 1. The van der Waals surface area contributed by atoms with E-state index in [2.05, 4.69) is 34.0 Å². The van der Waals surface area contributed by atoms with E-state index in [1.807, 2.05) is 38.1 Å². The van der Waals surface area contributed by atoms with Gasteiger partial charge in [-0.25, -0.2) is 4.58 Å². The maximum Gasteiger partial charge on any atom is 0.224 e. The lowest BCUT2D eigenvalue weighted by Gasteiger charge is -2.46.